The molecule has 1 fully saturated rings. The first kappa shape index (κ1) is 24.5. The number of carboxylic acid groups (broad SMARTS) is 1. The molecule has 1 aromatic carbocycles. The van der Waals surface area contributed by atoms with Gasteiger partial charge in [0.1, 0.15) is 11.9 Å². The third kappa shape index (κ3) is 6.10. The number of benzene rings is 1. The van der Waals surface area contributed by atoms with Crippen LogP contribution in [0.1, 0.15) is 48.8 Å². The van der Waals surface area contributed by atoms with Crippen molar-refractivity contribution >= 4 is 28.2 Å². The van der Waals surface area contributed by atoms with Crippen LogP contribution in [0.25, 0.3) is 10.9 Å². The van der Waals surface area contributed by atoms with Gasteiger partial charge in [0, 0.05) is 29.7 Å². The van der Waals surface area contributed by atoms with E-state index in [-0.39, 0.29) is 5.92 Å². The number of piperidine rings is 1. The molecule has 1 saturated heterocycles. The van der Waals surface area contributed by atoms with E-state index in [1.165, 1.54) is 0 Å². The SMILES string of the molecule is COc1ccc2nccc([C@@H](F)CC[C@@H]3CCN(CCCCc4nccs4)C[C@@H]3C(=O)O)c2c1. The number of fused-ring (bicyclic) bond motifs is 1. The third-order valence-electron chi connectivity index (χ3n) is 6.87. The molecular formula is C26H32FN3O3S. The number of rotatable bonds is 11. The number of thiazole rings is 1. The summed E-state index contributed by atoms with van der Waals surface area (Å²) in [6.07, 6.45) is 7.01. The highest BCUT2D eigenvalue weighted by atomic mass is 32.1. The van der Waals surface area contributed by atoms with Crippen LogP contribution in [-0.4, -0.2) is 52.7 Å². The monoisotopic (exact) mass is 485 g/mol. The summed E-state index contributed by atoms with van der Waals surface area (Å²) in [5.74, 6) is -0.565. The lowest BCUT2D eigenvalue weighted by atomic mass is 9.81. The zero-order chi connectivity index (χ0) is 23.9. The number of aryl methyl sites for hydroxylation is 1. The number of halogens is 1. The fraction of sp³-hybridized carbons (Fsp3) is 0.500. The molecule has 3 heterocycles. The Hall–Kier alpha value is -2.58. The number of hydrogen-bond acceptors (Lipinski definition) is 6. The highest BCUT2D eigenvalue weighted by Crippen LogP contribution is 2.35. The smallest absolute Gasteiger partial charge is 0.308 e. The second-order valence-corrected chi connectivity index (χ2v) is 9.98. The summed E-state index contributed by atoms with van der Waals surface area (Å²) in [5, 5.41) is 13.8. The van der Waals surface area contributed by atoms with Gasteiger partial charge >= 0.3 is 5.97 Å². The lowest BCUT2D eigenvalue weighted by Crippen LogP contribution is -2.44. The maximum Gasteiger partial charge on any atom is 0.308 e. The average molecular weight is 486 g/mol. The molecule has 1 aliphatic heterocycles. The van der Waals surface area contributed by atoms with Crippen LogP contribution in [0.15, 0.2) is 42.0 Å². The van der Waals surface area contributed by atoms with Crippen molar-refractivity contribution in [1.29, 1.82) is 0 Å². The van der Waals surface area contributed by atoms with Gasteiger partial charge in [0.25, 0.3) is 0 Å². The largest absolute Gasteiger partial charge is 0.497 e. The first-order valence-corrected chi connectivity index (χ1v) is 12.8. The quantitative estimate of drug-likeness (QED) is 0.360. The standard InChI is InChI=1S/C26H32FN3O3S/c1-33-19-6-8-24-21(16-19)20(9-11-28-24)23(27)7-5-18-10-14-30(17-22(18)26(31)32)13-3-2-4-25-29-12-15-34-25/h6,8-9,11-12,15-16,18,22-23H,2-5,7,10,13-14,17H2,1H3,(H,31,32)/t18-,22+,23+/m1/s1. The highest BCUT2D eigenvalue weighted by molar-refractivity contribution is 7.09. The van der Waals surface area contributed by atoms with Crippen molar-refractivity contribution < 1.29 is 19.0 Å². The van der Waals surface area contributed by atoms with Crippen molar-refractivity contribution in [3.63, 3.8) is 0 Å². The van der Waals surface area contributed by atoms with Gasteiger partial charge in [-0.05, 0) is 87.4 Å². The Labute approximate surface area is 203 Å². The third-order valence-corrected chi connectivity index (χ3v) is 7.71. The minimum atomic E-state index is -1.17. The number of ether oxygens (including phenoxy) is 1. The van der Waals surface area contributed by atoms with Gasteiger partial charge in [-0.2, -0.15) is 0 Å². The molecule has 0 spiro atoms. The molecule has 1 aliphatic rings. The Morgan fingerprint density at radius 2 is 2.18 bits per heavy atom. The predicted octanol–water partition coefficient (Wildman–Crippen LogP) is 5.54. The van der Waals surface area contributed by atoms with Crippen LogP contribution in [0.5, 0.6) is 5.75 Å². The number of nitrogens with zero attached hydrogens (tertiary/aromatic N) is 3. The Morgan fingerprint density at radius 3 is 2.94 bits per heavy atom. The summed E-state index contributed by atoms with van der Waals surface area (Å²) in [6, 6.07) is 7.18. The molecule has 3 atom stereocenters. The average Bonchev–Trinajstić information content (AvgIpc) is 3.38. The van der Waals surface area contributed by atoms with Crippen LogP contribution in [-0.2, 0) is 11.2 Å². The summed E-state index contributed by atoms with van der Waals surface area (Å²) >= 11 is 1.68. The minimum Gasteiger partial charge on any atom is -0.497 e. The second kappa shape index (κ2) is 11.7. The summed E-state index contributed by atoms with van der Waals surface area (Å²) in [4.78, 5) is 22.9. The molecule has 6 nitrogen and oxygen atoms in total. The predicted molar refractivity (Wildman–Crippen MR) is 132 cm³/mol. The fourth-order valence-electron chi connectivity index (χ4n) is 4.95. The van der Waals surface area contributed by atoms with Crippen molar-refractivity contribution in [2.24, 2.45) is 11.8 Å². The number of unbranched alkanes of at least 4 members (excludes halogenated alkanes) is 1. The van der Waals surface area contributed by atoms with Gasteiger partial charge in [-0.15, -0.1) is 11.3 Å². The molecular weight excluding hydrogens is 453 g/mol. The number of aliphatic carboxylic acids is 1. The molecule has 0 unspecified atom stereocenters. The first-order valence-electron chi connectivity index (χ1n) is 12.0. The number of aromatic nitrogens is 2. The van der Waals surface area contributed by atoms with E-state index in [0.29, 0.717) is 30.7 Å². The van der Waals surface area contributed by atoms with E-state index in [0.717, 1.165) is 54.7 Å². The number of carboxylic acids is 1. The van der Waals surface area contributed by atoms with E-state index < -0.39 is 18.1 Å². The molecule has 34 heavy (non-hydrogen) atoms. The number of pyridine rings is 1. The van der Waals surface area contributed by atoms with Gasteiger partial charge in [-0.25, -0.2) is 9.37 Å². The maximum atomic E-state index is 15.4. The topological polar surface area (TPSA) is 75.5 Å². The Bertz CT molecular complexity index is 1080. The van der Waals surface area contributed by atoms with Gasteiger partial charge in [0.15, 0.2) is 0 Å². The lowest BCUT2D eigenvalue weighted by molar-refractivity contribution is -0.146. The summed E-state index contributed by atoms with van der Waals surface area (Å²) in [5.41, 5.74) is 1.32. The summed E-state index contributed by atoms with van der Waals surface area (Å²) in [7, 11) is 1.59. The zero-order valence-electron chi connectivity index (χ0n) is 19.5. The van der Waals surface area contributed by atoms with Gasteiger partial charge < -0.3 is 14.7 Å². The van der Waals surface area contributed by atoms with Gasteiger partial charge in [0.05, 0.1) is 23.6 Å². The number of likely N-dealkylation sites (tertiary alicyclic amines) is 1. The molecule has 3 aromatic rings. The Morgan fingerprint density at radius 1 is 1.29 bits per heavy atom. The van der Waals surface area contributed by atoms with Crippen LogP contribution >= 0.6 is 11.3 Å². The van der Waals surface area contributed by atoms with E-state index in [4.69, 9.17) is 4.74 Å². The van der Waals surface area contributed by atoms with Crippen LogP contribution in [0.2, 0.25) is 0 Å². The molecule has 0 radical (unpaired) electrons. The fourth-order valence-corrected chi connectivity index (χ4v) is 5.61. The van der Waals surface area contributed by atoms with Crippen molar-refractivity contribution in [3.8, 4) is 5.75 Å². The molecule has 182 valence electrons. The maximum absolute atomic E-state index is 15.4. The Balaban J connectivity index is 1.31. The van der Waals surface area contributed by atoms with E-state index in [9.17, 15) is 9.90 Å². The Kier molecular flexibility index (Phi) is 8.45. The zero-order valence-corrected chi connectivity index (χ0v) is 20.3. The van der Waals surface area contributed by atoms with Crippen LogP contribution in [0.4, 0.5) is 4.39 Å². The summed E-state index contributed by atoms with van der Waals surface area (Å²) < 4.78 is 20.6. The van der Waals surface area contributed by atoms with E-state index in [1.807, 2.05) is 29.8 Å². The van der Waals surface area contributed by atoms with Crippen molar-refractivity contribution in [2.75, 3.05) is 26.7 Å². The number of alkyl halides is 1. The van der Waals surface area contributed by atoms with Crippen LogP contribution in [0, 0.1) is 11.8 Å². The van der Waals surface area contributed by atoms with Crippen LogP contribution in [0.3, 0.4) is 0 Å². The van der Waals surface area contributed by atoms with Crippen molar-refractivity contribution in [2.45, 2.75) is 44.7 Å². The van der Waals surface area contributed by atoms with Crippen molar-refractivity contribution in [1.82, 2.24) is 14.9 Å². The molecule has 1 N–H and O–H groups in total. The van der Waals surface area contributed by atoms with Gasteiger partial charge in [0.2, 0.25) is 0 Å². The van der Waals surface area contributed by atoms with Crippen molar-refractivity contribution in [3.05, 3.63) is 52.6 Å². The molecule has 8 heteroatoms. The highest BCUT2D eigenvalue weighted by Gasteiger charge is 2.34. The molecule has 0 bridgehead atoms. The number of hydrogen-bond donors (Lipinski definition) is 1. The van der Waals surface area contributed by atoms with Crippen LogP contribution < -0.4 is 4.74 Å². The lowest BCUT2D eigenvalue weighted by Gasteiger charge is -2.36. The molecule has 0 saturated carbocycles. The molecule has 2 aromatic heterocycles. The van der Waals surface area contributed by atoms with E-state index in [1.54, 1.807) is 30.7 Å². The minimum absolute atomic E-state index is 0.00930. The second-order valence-electron chi connectivity index (χ2n) is 9.01. The molecule has 4 rings (SSSR count). The van der Waals surface area contributed by atoms with Gasteiger partial charge in [-0.1, -0.05) is 0 Å². The number of methoxy groups -OCH3 is 1. The first-order chi connectivity index (χ1) is 16.5. The van der Waals surface area contributed by atoms with E-state index in [2.05, 4.69) is 14.9 Å². The summed E-state index contributed by atoms with van der Waals surface area (Å²) in [6.45, 7) is 2.32. The number of carbonyl (C=O) groups is 1. The molecule has 0 amide bonds. The normalized spacial score (nSPS) is 19.8. The molecule has 0 aliphatic carbocycles. The van der Waals surface area contributed by atoms with E-state index >= 15 is 4.39 Å². The van der Waals surface area contributed by atoms with Gasteiger partial charge in [-0.3, -0.25) is 9.78 Å².